The zero-order valence-corrected chi connectivity index (χ0v) is 13.4. The van der Waals surface area contributed by atoms with E-state index in [4.69, 9.17) is 0 Å². The summed E-state index contributed by atoms with van der Waals surface area (Å²) in [5, 5.41) is 10.4. The highest BCUT2D eigenvalue weighted by Gasteiger charge is 2.31. The van der Waals surface area contributed by atoms with E-state index in [1.807, 2.05) is 11.0 Å². The summed E-state index contributed by atoms with van der Waals surface area (Å²) in [4.78, 5) is 10.1. The van der Waals surface area contributed by atoms with Crippen LogP contribution in [0.3, 0.4) is 0 Å². The third-order valence-electron chi connectivity index (χ3n) is 4.29. The summed E-state index contributed by atoms with van der Waals surface area (Å²) in [6, 6.07) is 6.42. The first-order valence-corrected chi connectivity index (χ1v) is 7.97. The van der Waals surface area contributed by atoms with Crippen molar-refractivity contribution in [1.29, 1.82) is 0 Å². The summed E-state index contributed by atoms with van der Waals surface area (Å²) in [5.41, 5.74) is 0.799. The highest BCUT2D eigenvalue weighted by molar-refractivity contribution is 5.41. The Kier molecular flexibility index (Phi) is 5.08. The highest BCUT2D eigenvalue weighted by atomic mass is 19.4. The lowest BCUT2D eigenvalue weighted by Gasteiger charge is -2.35. The van der Waals surface area contributed by atoms with E-state index in [-0.39, 0.29) is 11.7 Å². The minimum Gasteiger partial charge on any atom is -0.404 e. The maximum Gasteiger partial charge on any atom is 0.573 e. The third-order valence-corrected chi connectivity index (χ3v) is 4.29. The second-order valence-corrected chi connectivity index (χ2v) is 5.96. The molecule has 3 rings (SSSR count). The van der Waals surface area contributed by atoms with Crippen molar-refractivity contribution < 1.29 is 23.0 Å². The van der Waals surface area contributed by atoms with Crippen LogP contribution in [0.4, 0.5) is 19.0 Å². The second kappa shape index (κ2) is 7.26. The molecule has 0 aromatic carbocycles. The Balaban J connectivity index is 1.57. The first-order chi connectivity index (χ1) is 11.9. The topological polar surface area (TPSA) is 58.5 Å². The first-order valence-electron chi connectivity index (χ1n) is 7.97. The minimum atomic E-state index is -4.72. The Labute approximate surface area is 143 Å². The van der Waals surface area contributed by atoms with Gasteiger partial charge in [0, 0.05) is 25.5 Å². The molecule has 0 spiro atoms. The van der Waals surface area contributed by atoms with Gasteiger partial charge in [0.2, 0.25) is 0 Å². The van der Waals surface area contributed by atoms with Crippen molar-refractivity contribution in [2.45, 2.75) is 25.3 Å². The maximum absolute atomic E-state index is 12.2. The Morgan fingerprint density at radius 3 is 2.48 bits per heavy atom. The van der Waals surface area contributed by atoms with Gasteiger partial charge in [-0.2, -0.15) is 0 Å². The number of alkyl halides is 3. The van der Waals surface area contributed by atoms with Crippen LogP contribution in [0.1, 0.15) is 24.5 Å². The average molecular weight is 353 g/mol. The molecule has 25 heavy (non-hydrogen) atoms. The molecule has 1 atom stereocenters. The van der Waals surface area contributed by atoms with Crippen LogP contribution in [0.25, 0.3) is 0 Å². The molecule has 0 unspecified atom stereocenters. The summed E-state index contributed by atoms with van der Waals surface area (Å²) < 4.78 is 40.3. The molecule has 1 aliphatic rings. The van der Waals surface area contributed by atoms with Gasteiger partial charge < -0.3 is 14.7 Å². The van der Waals surface area contributed by atoms with Crippen LogP contribution in [0.5, 0.6) is 5.75 Å². The van der Waals surface area contributed by atoms with Crippen molar-refractivity contribution >= 4 is 5.82 Å². The highest BCUT2D eigenvalue weighted by Crippen LogP contribution is 2.32. The number of rotatable bonds is 4. The van der Waals surface area contributed by atoms with Crippen LogP contribution >= 0.6 is 0 Å². The number of ether oxygens (including phenoxy) is 1. The monoisotopic (exact) mass is 353 g/mol. The predicted octanol–water partition coefficient (Wildman–Crippen LogP) is 3.33. The Morgan fingerprint density at radius 2 is 1.92 bits per heavy atom. The van der Waals surface area contributed by atoms with E-state index < -0.39 is 12.5 Å². The van der Waals surface area contributed by atoms with E-state index in [2.05, 4.69) is 14.7 Å². The van der Waals surface area contributed by atoms with Gasteiger partial charge >= 0.3 is 6.36 Å². The normalized spacial score (nSPS) is 17.4. The molecule has 1 N–H and O–H groups in total. The molecule has 1 aliphatic heterocycles. The summed E-state index contributed by atoms with van der Waals surface area (Å²) in [5.74, 6) is 0.385. The molecule has 5 nitrogen and oxygen atoms in total. The van der Waals surface area contributed by atoms with E-state index in [0.29, 0.717) is 18.9 Å². The molecule has 0 radical (unpaired) electrons. The lowest BCUT2D eigenvalue weighted by Crippen LogP contribution is -2.36. The van der Waals surface area contributed by atoms with Crippen LogP contribution in [0.15, 0.2) is 42.9 Å². The number of piperidine rings is 1. The number of anilines is 1. The van der Waals surface area contributed by atoms with Crippen molar-refractivity contribution in [3.8, 4) is 5.75 Å². The smallest absolute Gasteiger partial charge is 0.404 e. The number of hydrogen-bond acceptors (Lipinski definition) is 5. The number of aliphatic hydroxyl groups excluding tert-OH is 1. The van der Waals surface area contributed by atoms with Gasteiger partial charge in [0.05, 0.1) is 12.3 Å². The van der Waals surface area contributed by atoms with Crippen molar-refractivity contribution in [2.24, 2.45) is 5.92 Å². The Bertz CT molecular complexity index is 672. The fourth-order valence-electron chi connectivity index (χ4n) is 3.02. The maximum atomic E-state index is 12.2. The number of halogens is 3. The molecule has 8 heteroatoms. The van der Waals surface area contributed by atoms with Gasteiger partial charge in [0.25, 0.3) is 0 Å². The third kappa shape index (κ3) is 4.60. The Hall–Kier alpha value is -2.35. The first kappa shape index (κ1) is 17.5. The Morgan fingerprint density at radius 1 is 1.16 bits per heavy atom. The average Bonchev–Trinajstić information content (AvgIpc) is 2.61. The molecule has 0 aliphatic carbocycles. The lowest BCUT2D eigenvalue weighted by molar-refractivity contribution is -0.274. The van der Waals surface area contributed by atoms with Gasteiger partial charge in [0.15, 0.2) is 0 Å². The van der Waals surface area contributed by atoms with Crippen LogP contribution in [-0.2, 0) is 0 Å². The van der Waals surface area contributed by atoms with Gasteiger partial charge in [-0.15, -0.1) is 13.2 Å². The van der Waals surface area contributed by atoms with E-state index in [1.54, 1.807) is 18.5 Å². The van der Waals surface area contributed by atoms with Gasteiger partial charge in [-0.1, -0.05) is 6.07 Å². The molecule has 0 bridgehead atoms. The number of nitrogens with zero attached hydrogens (tertiary/aromatic N) is 3. The van der Waals surface area contributed by atoms with E-state index >= 15 is 0 Å². The zero-order valence-electron chi connectivity index (χ0n) is 13.4. The van der Waals surface area contributed by atoms with Gasteiger partial charge in [0.1, 0.15) is 11.6 Å². The van der Waals surface area contributed by atoms with Crippen LogP contribution < -0.4 is 9.64 Å². The summed E-state index contributed by atoms with van der Waals surface area (Å²) >= 11 is 0. The standard InChI is InChI=1S/C17H18F3N3O2/c18-17(19,20)25-14-3-4-15(22-11-14)23-8-5-12(6-9-23)16(24)13-2-1-7-21-10-13/h1-4,7,10-12,16,24H,5-6,8-9H2/t16-/m0/s1. The molecular weight excluding hydrogens is 335 g/mol. The van der Waals surface area contributed by atoms with Crippen LogP contribution in [0, 0.1) is 5.92 Å². The summed E-state index contributed by atoms with van der Waals surface area (Å²) in [6.07, 6.45) is 0.640. The minimum absolute atomic E-state index is 0.119. The van der Waals surface area contributed by atoms with Crippen molar-refractivity contribution in [3.05, 3.63) is 48.4 Å². The fourth-order valence-corrected chi connectivity index (χ4v) is 3.02. The molecule has 1 saturated heterocycles. The van der Waals surface area contributed by atoms with Crippen molar-refractivity contribution in [3.63, 3.8) is 0 Å². The number of aliphatic hydroxyl groups is 1. The van der Waals surface area contributed by atoms with Gasteiger partial charge in [-0.05, 0) is 42.5 Å². The van der Waals surface area contributed by atoms with Crippen molar-refractivity contribution in [2.75, 3.05) is 18.0 Å². The zero-order chi connectivity index (χ0) is 17.9. The molecule has 2 aromatic heterocycles. The van der Waals surface area contributed by atoms with Crippen LogP contribution in [-0.4, -0.2) is 34.5 Å². The van der Waals surface area contributed by atoms with Gasteiger partial charge in [-0.25, -0.2) is 4.98 Å². The second-order valence-electron chi connectivity index (χ2n) is 5.96. The lowest BCUT2D eigenvalue weighted by atomic mass is 9.88. The SMILES string of the molecule is O[C@H](c1cccnc1)C1CCN(c2ccc(OC(F)(F)F)cn2)CC1. The van der Waals surface area contributed by atoms with E-state index in [1.165, 1.54) is 12.1 Å². The van der Waals surface area contributed by atoms with Crippen molar-refractivity contribution in [1.82, 2.24) is 9.97 Å². The molecule has 2 aromatic rings. The summed E-state index contributed by atoms with van der Waals surface area (Å²) in [6.45, 7) is 1.35. The van der Waals surface area contributed by atoms with E-state index in [0.717, 1.165) is 24.6 Å². The molecule has 0 amide bonds. The predicted molar refractivity (Wildman–Crippen MR) is 85.1 cm³/mol. The number of pyridine rings is 2. The largest absolute Gasteiger partial charge is 0.573 e. The molecule has 134 valence electrons. The fraction of sp³-hybridized carbons (Fsp3) is 0.412. The quantitative estimate of drug-likeness (QED) is 0.914. The molecular formula is C17H18F3N3O2. The number of aromatic nitrogens is 2. The molecule has 1 fully saturated rings. The molecule has 3 heterocycles. The van der Waals surface area contributed by atoms with E-state index in [9.17, 15) is 18.3 Å². The van der Waals surface area contributed by atoms with Crippen LogP contribution in [0.2, 0.25) is 0 Å². The summed E-state index contributed by atoms with van der Waals surface area (Å²) in [7, 11) is 0. The molecule has 0 saturated carbocycles. The van der Waals surface area contributed by atoms with Gasteiger partial charge in [-0.3, -0.25) is 4.98 Å². The number of hydrogen-bond donors (Lipinski definition) is 1.